The lowest BCUT2D eigenvalue weighted by Gasteiger charge is -2.15. The van der Waals surface area contributed by atoms with Crippen LogP contribution >= 0.6 is 11.8 Å². The molecule has 2 aromatic heterocycles. The average molecular weight is 260 g/mol. The average Bonchev–Trinajstić information content (AvgIpc) is 2.74. The van der Waals surface area contributed by atoms with Crippen molar-refractivity contribution in [1.29, 1.82) is 0 Å². The van der Waals surface area contributed by atoms with Crippen LogP contribution in [0.1, 0.15) is 19.5 Å². The molecule has 2 aromatic rings. The number of pyridine rings is 1. The van der Waals surface area contributed by atoms with Crippen LogP contribution in [-0.2, 0) is 9.53 Å². The van der Waals surface area contributed by atoms with Crippen molar-refractivity contribution in [1.82, 2.24) is 9.38 Å². The van der Waals surface area contributed by atoms with Crippen LogP contribution in [0.4, 0.5) is 0 Å². The summed E-state index contributed by atoms with van der Waals surface area (Å²) >= 11 is 1.41. The van der Waals surface area contributed by atoms with Gasteiger partial charge in [-0.25, -0.2) is 9.78 Å². The predicted molar refractivity (Wildman–Crippen MR) is 70.3 cm³/mol. The number of thioether (sulfide) groups is 1. The Labute approximate surface area is 109 Å². The first-order valence-electron chi connectivity index (χ1n) is 5.72. The number of aromatic nitrogens is 2. The largest absolute Gasteiger partial charge is 0.459 e. The van der Waals surface area contributed by atoms with Gasteiger partial charge in [-0.05, 0) is 32.1 Å². The first kappa shape index (κ1) is 11.3. The van der Waals surface area contributed by atoms with Crippen LogP contribution in [0.15, 0.2) is 34.3 Å². The van der Waals surface area contributed by atoms with Crippen molar-refractivity contribution in [3.63, 3.8) is 0 Å². The van der Waals surface area contributed by atoms with Gasteiger partial charge < -0.3 is 4.74 Å². The van der Waals surface area contributed by atoms with E-state index in [0.29, 0.717) is 4.91 Å². The summed E-state index contributed by atoms with van der Waals surface area (Å²) in [6, 6.07) is 5.85. The summed E-state index contributed by atoms with van der Waals surface area (Å²) in [5.74, 6) is -0.278. The molecule has 0 N–H and O–H groups in total. The van der Waals surface area contributed by atoms with Crippen molar-refractivity contribution in [3.05, 3.63) is 35.0 Å². The quantitative estimate of drug-likeness (QED) is 0.779. The van der Waals surface area contributed by atoms with Crippen molar-refractivity contribution in [2.24, 2.45) is 0 Å². The van der Waals surface area contributed by atoms with E-state index in [-0.39, 0.29) is 12.1 Å². The van der Waals surface area contributed by atoms with Gasteiger partial charge >= 0.3 is 5.97 Å². The summed E-state index contributed by atoms with van der Waals surface area (Å²) < 4.78 is 7.24. The standard InChI is InChI=1S/C13H12N2O2S/c1-8(2)17-13(16)10-6-9-7-14-11-4-3-5-12(18-10)15(9)11/h3-8H,1-2H3. The summed E-state index contributed by atoms with van der Waals surface area (Å²) in [6.45, 7) is 3.69. The van der Waals surface area contributed by atoms with Gasteiger partial charge in [0.15, 0.2) is 0 Å². The van der Waals surface area contributed by atoms with Gasteiger partial charge in [0.2, 0.25) is 0 Å². The molecule has 0 saturated heterocycles. The van der Waals surface area contributed by atoms with Gasteiger partial charge in [0.25, 0.3) is 0 Å². The fraction of sp³-hybridized carbons (Fsp3) is 0.231. The van der Waals surface area contributed by atoms with E-state index < -0.39 is 0 Å². The van der Waals surface area contributed by atoms with Gasteiger partial charge in [-0.15, -0.1) is 0 Å². The van der Waals surface area contributed by atoms with Crippen molar-refractivity contribution < 1.29 is 9.53 Å². The highest BCUT2D eigenvalue weighted by molar-refractivity contribution is 8.04. The van der Waals surface area contributed by atoms with Gasteiger partial charge in [-0.2, -0.15) is 0 Å². The Morgan fingerprint density at radius 2 is 2.28 bits per heavy atom. The number of esters is 1. The van der Waals surface area contributed by atoms with E-state index in [2.05, 4.69) is 4.98 Å². The second-order valence-electron chi connectivity index (χ2n) is 4.31. The second kappa shape index (κ2) is 4.17. The fourth-order valence-corrected chi connectivity index (χ4v) is 2.83. The zero-order valence-electron chi connectivity index (χ0n) is 10.1. The number of carbonyl (C=O) groups excluding carboxylic acids is 1. The third kappa shape index (κ3) is 1.80. The molecule has 92 valence electrons. The van der Waals surface area contributed by atoms with Crippen molar-refractivity contribution in [2.75, 3.05) is 0 Å². The summed E-state index contributed by atoms with van der Waals surface area (Å²) in [4.78, 5) is 16.8. The number of rotatable bonds is 2. The molecule has 0 unspecified atom stereocenters. The van der Waals surface area contributed by atoms with Crippen LogP contribution < -0.4 is 0 Å². The molecule has 1 aliphatic rings. The third-order valence-corrected chi connectivity index (χ3v) is 3.59. The summed E-state index contributed by atoms with van der Waals surface area (Å²) in [5.41, 5.74) is 1.80. The Kier molecular flexibility index (Phi) is 2.63. The topological polar surface area (TPSA) is 43.6 Å². The molecule has 18 heavy (non-hydrogen) atoms. The first-order chi connectivity index (χ1) is 8.65. The van der Waals surface area contributed by atoms with E-state index >= 15 is 0 Å². The van der Waals surface area contributed by atoms with E-state index in [1.165, 1.54) is 11.8 Å². The minimum atomic E-state index is -0.278. The lowest BCUT2D eigenvalue weighted by atomic mass is 10.3. The summed E-state index contributed by atoms with van der Waals surface area (Å²) in [7, 11) is 0. The zero-order chi connectivity index (χ0) is 12.7. The number of imidazole rings is 1. The molecule has 0 saturated carbocycles. The second-order valence-corrected chi connectivity index (χ2v) is 5.37. The minimum absolute atomic E-state index is 0.110. The monoisotopic (exact) mass is 260 g/mol. The maximum absolute atomic E-state index is 11.9. The van der Waals surface area contributed by atoms with Crippen LogP contribution in [0, 0.1) is 0 Å². The molecule has 4 nitrogen and oxygen atoms in total. The molecule has 0 atom stereocenters. The number of ether oxygens (including phenoxy) is 1. The maximum atomic E-state index is 11.9. The zero-order valence-corrected chi connectivity index (χ0v) is 10.9. The number of carbonyl (C=O) groups is 1. The molecule has 0 radical (unpaired) electrons. The van der Waals surface area contributed by atoms with E-state index in [0.717, 1.165) is 16.4 Å². The maximum Gasteiger partial charge on any atom is 0.345 e. The lowest BCUT2D eigenvalue weighted by molar-refractivity contribution is -0.141. The van der Waals surface area contributed by atoms with Crippen molar-refractivity contribution in [2.45, 2.75) is 25.0 Å². The Morgan fingerprint density at radius 3 is 3.06 bits per heavy atom. The number of hydrogen-bond acceptors (Lipinski definition) is 4. The molecule has 0 bridgehead atoms. The smallest absolute Gasteiger partial charge is 0.345 e. The molecular formula is C13H12N2O2S. The normalized spacial score (nSPS) is 13.8. The molecule has 0 fully saturated rings. The Balaban J connectivity index is 2.03. The molecule has 3 rings (SSSR count). The lowest BCUT2D eigenvalue weighted by Crippen LogP contribution is -2.13. The van der Waals surface area contributed by atoms with Gasteiger partial charge in [-0.3, -0.25) is 4.40 Å². The first-order valence-corrected chi connectivity index (χ1v) is 6.54. The number of hydrogen-bond donors (Lipinski definition) is 0. The van der Waals surface area contributed by atoms with E-state index in [4.69, 9.17) is 4.74 Å². The summed E-state index contributed by atoms with van der Waals surface area (Å²) in [5, 5.41) is 0.984. The van der Waals surface area contributed by atoms with E-state index in [1.807, 2.05) is 42.5 Å². The van der Waals surface area contributed by atoms with Gasteiger partial charge in [0.1, 0.15) is 10.6 Å². The van der Waals surface area contributed by atoms with Crippen molar-refractivity contribution in [3.8, 4) is 0 Å². The highest BCUT2D eigenvalue weighted by atomic mass is 32.2. The van der Waals surface area contributed by atoms with Crippen molar-refractivity contribution >= 4 is 29.5 Å². The van der Waals surface area contributed by atoms with E-state index in [1.54, 1.807) is 6.20 Å². The third-order valence-electron chi connectivity index (χ3n) is 2.56. The Hall–Kier alpha value is -1.75. The predicted octanol–water partition coefficient (Wildman–Crippen LogP) is 2.73. The molecule has 0 aliphatic carbocycles. The molecular weight excluding hydrogens is 248 g/mol. The number of nitrogens with zero attached hydrogens (tertiary/aromatic N) is 2. The van der Waals surface area contributed by atoms with Crippen LogP contribution in [0.2, 0.25) is 0 Å². The minimum Gasteiger partial charge on any atom is -0.459 e. The van der Waals surface area contributed by atoms with Gasteiger partial charge in [-0.1, -0.05) is 17.8 Å². The van der Waals surface area contributed by atoms with Gasteiger partial charge in [0.05, 0.1) is 23.0 Å². The molecule has 0 spiro atoms. The highest BCUT2D eigenvalue weighted by Gasteiger charge is 2.21. The van der Waals surface area contributed by atoms with Crippen LogP contribution in [0.25, 0.3) is 11.7 Å². The van der Waals surface area contributed by atoms with Crippen LogP contribution in [0.5, 0.6) is 0 Å². The molecule has 5 heteroatoms. The molecule has 1 aliphatic heterocycles. The van der Waals surface area contributed by atoms with E-state index in [9.17, 15) is 4.79 Å². The van der Waals surface area contributed by atoms with Gasteiger partial charge in [0, 0.05) is 0 Å². The molecule has 0 amide bonds. The highest BCUT2D eigenvalue weighted by Crippen LogP contribution is 2.34. The van der Waals surface area contributed by atoms with Crippen LogP contribution in [0.3, 0.4) is 0 Å². The Morgan fingerprint density at radius 1 is 1.44 bits per heavy atom. The fourth-order valence-electron chi connectivity index (χ4n) is 1.86. The molecule has 3 heterocycles. The Bertz CT molecular complexity index is 658. The molecule has 0 aromatic carbocycles. The summed E-state index contributed by atoms with van der Waals surface area (Å²) in [6.07, 6.45) is 3.48. The SMILES string of the molecule is CC(C)OC(=O)C1=Cc2cnc3cccc(n23)S1. The van der Waals surface area contributed by atoms with Crippen LogP contribution in [-0.4, -0.2) is 21.5 Å².